The number of fused-ring (bicyclic) bond motifs is 1. The van der Waals surface area contributed by atoms with Crippen molar-refractivity contribution in [3.8, 4) is 16.9 Å². The van der Waals surface area contributed by atoms with Crippen LogP contribution in [0, 0.1) is 5.82 Å². The van der Waals surface area contributed by atoms with Crippen molar-refractivity contribution in [3.05, 3.63) is 82.1 Å². The van der Waals surface area contributed by atoms with E-state index in [2.05, 4.69) is 4.74 Å². The quantitative estimate of drug-likeness (QED) is 0.421. The summed E-state index contributed by atoms with van der Waals surface area (Å²) in [7, 11) is 2.68. The van der Waals surface area contributed by atoms with Crippen LogP contribution in [-0.4, -0.2) is 44.2 Å². The highest BCUT2D eigenvalue weighted by molar-refractivity contribution is 6.31. The maximum Gasteiger partial charge on any atom is 0.337 e. The zero-order valence-electron chi connectivity index (χ0n) is 20.1. The lowest BCUT2D eigenvalue weighted by Crippen LogP contribution is -2.41. The number of methoxy groups -OCH3 is 1. The van der Waals surface area contributed by atoms with E-state index in [1.54, 1.807) is 0 Å². The summed E-state index contributed by atoms with van der Waals surface area (Å²) in [4.78, 5) is 24.9. The average molecular weight is 534 g/mol. The van der Waals surface area contributed by atoms with Gasteiger partial charge in [0, 0.05) is 23.6 Å². The molecule has 4 rings (SSSR count). The fourth-order valence-corrected chi connectivity index (χ4v) is 4.71. The van der Waals surface area contributed by atoms with E-state index in [9.17, 15) is 27.9 Å². The summed E-state index contributed by atoms with van der Waals surface area (Å²) in [5.74, 6) is -2.62. The molecule has 1 amide bonds. The van der Waals surface area contributed by atoms with E-state index >= 15 is 0 Å². The van der Waals surface area contributed by atoms with Crippen LogP contribution < -0.4 is 9.64 Å². The molecule has 10 heteroatoms. The number of ether oxygens (including phenoxy) is 2. The summed E-state index contributed by atoms with van der Waals surface area (Å²) in [6.07, 6.45) is -3.22. The van der Waals surface area contributed by atoms with Gasteiger partial charge in [-0.25, -0.2) is 18.0 Å². The molecule has 2 atom stereocenters. The van der Waals surface area contributed by atoms with E-state index in [1.165, 1.54) is 74.5 Å². The van der Waals surface area contributed by atoms with Gasteiger partial charge in [0.15, 0.2) is 12.2 Å². The predicted octanol–water partition coefficient (Wildman–Crippen LogP) is 5.54. The number of hydrogen-bond acceptors (Lipinski definition) is 5. The Morgan fingerprint density at radius 1 is 1.16 bits per heavy atom. The van der Waals surface area contributed by atoms with Crippen molar-refractivity contribution < 1.29 is 37.3 Å². The van der Waals surface area contributed by atoms with Crippen molar-refractivity contribution in [1.82, 2.24) is 0 Å². The summed E-state index contributed by atoms with van der Waals surface area (Å²) in [5, 5.41) is 11.4. The van der Waals surface area contributed by atoms with Gasteiger partial charge in [0.05, 0.1) is 18.4 Å². The topological polar surface area (TPSA) is 76.1 Å². The van der Waals surface area contributed by atoms with Crippen molar-refractivity contribution in [2.75, 3.05) is 25.7 Å². The van der Waals surface area contributed by atoms with E-state index in [-0.39, 0.29) is 45.5 Å². The summed E-state index contributed by atoms with van der Waals surface area (Å²) in [6, 6.07) is 12.2. The maximum atomic E-state index is 14.7. The molecular formula is C27H23ClF3NO5. The Morgan fingerprint density at radius 2 is 1.89 bits per heavy atom. The number of anilines is 1. The van der Waals surface area contributed by atoms with Crippen molar-refractivity contribution in [1.29, 1.82) is 0 Å². The van der Waals surface area contributed by atoms with Crippen LogP contribution in [0.15, 0.2) is 54.6 Å². The predicted molar refractivity (Wildman–Crippen MR) is 132 cm³/mol. The molecule has 3 aromatic rings. The Hall–Kier alpha value is -3.56. The second-order valence-electron chi connectivity index (χ2n) is 8.69. The van der Waals surface area contributed by atoms with Crippen molar-refractivity contribution in [3.63, 3.8) is 0 Å². The number of hydrogen-bond donors (Lipinski definition) is 1. The third kappa shape index (κ3) is 4.65. The Morgan fingerprint density at radius 3 is 2.51 bits per heavy atom. The van der Waals surface area contributed by atoms with Gasteiger partial charge < -0.3 is 19.5 Å². The van der Waals surface area contributed by atoms with Crippen LogP contribution in [0.4, 0.5) is 18.9 Å². The second-order valence-corrected chi connectivity index (χ2v) is 9.10. The maximum absolute atomic E-state index is 14.7. The number of alkyl halides is 2. The lowest BCUT2D eigenvalue weighted by molar-refractivity contribution is -0.121. The van der Waals surface area contributed by atoms with Crippen LogP contribution in [0.2, 0.25) is 5.02 Å². The SMILES string of the molecule is COC(=O)c1ccc(-c2ccc([C@H](C)[C@](O)(c3ccc4c(c3)N(C)C(=O)CO4)C(F)F)c(Cl)c2)c(F)c1. The van der Waals surface area contributed by atoms with Gasteiger partial charge in [-0.15, -0.1) is 0 Å². The number of nitrogens with zero attached hydrogens (tertiary/aromatic N) is 1. The van der Waals surface area contributed by atoms with E-state index in [1.807, 2.05) is 0 Å². The van der Waals surface area contributed by atoms with E-state index in [4.69, 9.17) is 16.3 Å². The monoisotopic (exact) mass is 533 g/mol. The first-order chi connectivity index (χ1) is 17.5. The van der Waals surface area contributed by atoms with Crippen LogP contribution in [0.3, 0.4) is 0 Å². The highest BCUT2D eigenvalue weighted by atomic mass is 35.5. The zero-order valence-corrected chi connectivity index (χ0v) is 20.9. The fraction of sp³-hybridized carbons (Fsp3) is 0.259. The first-order valence-corrected chi connectivity index (χ1v) is 11.6. The molecule has 0 aliphatic carbocycles. The molecule has 6 nitrogen and oxygen atoms in total. The minimum absolute atomic E-state index is 0.0323. The molecule has 0 saturated carbocycles. The summed E-state index contributed by atoms with van der Waals surface area (Å²) in [5.41, 5.74) is -1.81. The van der Waals surface area contributed by atoms with Crippen LogP contribution in [-0.2, 0) is 15.1 Å². The molecule has 3 aromatic carbocycles. The van der Waals surface area contributed by atoms with Gasteiger partial charge in [-0.1, -0.05) is 42.8 Å². The fourth-order valence-electron chi connectivity index (χ4n) is 4.36. The molecule has 0 saturated heterocycles. The van der Waals surface area contributed by atoms with Gasteiger partial charge in [-0.2, -0.15) is 0 Å². The van der Waals surface area contributed by atoms with E-state index in [0.29, 0.717) is 11.3 Å². The third-order valence-electron chi connectivity index (χ3n) is 6.67. The van der Waals surface area contributed by atoms with Crippen LogP contribution in [0.5, 0.6) is 5.75 Å². The Kier molecular flexibility index (Phi) is 7.21. The first-order valence-electron chi connectivity index (χ1n) is 11.2. The van der Waals surface area contributed by atoms with Gasteiger partial charge in [-0.3, -0.25) is 4.79 Å². The lowest BCUT2D eigenvalue weighted by atomic mass is 9.78. The van der Waals surface area contributed by atoms with Gasteiger partial charge in [0.1, 0.15) is 11.6 Å². The molecule has 0 aromatic heterocycles. The summed E-state index contributed by atoms with van der Waals surface area (Å²) >= 11 is 6.46. The van der Waals surface area contributed by atoms with Gasteiger partial charge in [0.2, 0.25) is 0 Å². The number of benzene rings is 3. The van der Waals surface area contributed by atoms with Crippen molar-refractivity contribution >= 4 is 29.2 Å². The highest BCUT2D eigenvalue weighted by Gasteiger charge is 2.46. The van der Waals surface area contributed by atoms with Crippen molar-refractivity contribution in [2.45, 2.75) is 24.9 Å². The highest BCUT2D eigenvalue weighted by Crippen LogP contribution is 2.46. The van der Waals surface area contributed by atoms with Crippen molar-refractivity contribution in [2.24, 2.45) is 0 Å². The third-order valence-corrected chi connectivity index (χ3v) is 7.00. The average Bonchev–Trinajstić information content (AvgIpc) is 2.89. The summed E-state index contributed by atoms with van der Waals surface area (Å²) in [6.45, 7) is 1.23. The zero-order chi connectivity index (χ0) is 27.1. The van der Waals surface area contributed by atoms with Gasteiger partial charge in [-0.05, 0) is 47.0 Å². The van der Waals surface area contributed by atoms with Crippen LogP contribution in [0.1, 0.15) is 34.3 Å². The minimum Gasteiger partial charge on any atom is -0.482 e. The molecule has 194 valence electrons. The molecule has 0 fully saturated rings. The normalized spacial score (nSPS) is 15.6. The van der Waals surface area contributed by atoms with Gasteiger partial charge in [0.25, 0.3) is 12.3 Å². The van der Waals surface area contributed by atoms with E-state index < -0.39 is 29.7 Å². The Balaban J connectivity index is 1.72. The molecule has 0 spiro atoms. The number of rotatable bonds is 6. The largest absolute Gasteiger partial charge is 0.482 e. The molecule has 37 heavy (non-hydrogen) atoms. The second kappa shape index (κ2) is 10.1. The number of likely N-dealkylation sites (N-methyl/N-ethyl adjacent to an activating group) is 1. The number of carbonyl (C=O) groups is 2. The number of carbonyl (C=O) groups excluding carboxylic acids is 2. The lowest BCUT2D eigenvalue weighted by Gasteiger charge is -2.36. The van der Waals surface area contributed by atoms with E-state index in [0.717, 1.165) is 6.07 Å². The standard InChI is InChI=1S/C27H23ClF3NO5/c1-14(27(35,26(30)31)17-6-9-23-22(12-17)32(2)24(33)13-37-23)18-7-4-15(10-20(18)28)19-8-5-16(11-21(19)29)25(34)36-3/h4-12,14,26,35H,13H2,1-3H3/t14-,27-/m0/s1. The van der Waals surface area contributed by atoms with Gasteiger partial charge >= 0.3 is 5.97 Å². The molecular weight excluding hydrogens is 511 g/mol. The number of esters is 1. The molecule has 0 unspecified atom stereocenters. The number of aliphatic hydroxyl groups is 1. The molecule has 0 bridgehead atoms. The smallest absolute Gasteiger partial charge is 0.337 e. The van der Waals surface area contributed by atoms with Crippen LogP contribution in [0.25, 0.3) is 11.1 Å². The molecule has 1 N–H and O–H groups in total. The molecule has 1 aliphatic rings. The van der Waals surface area contributed by atoms with Crippen LogP contribution >= 0.6 is 11.6 Å². The number of halogens is 4. The minimum atomic E-state index is -3.22. The Labute approximate surface area is 216 Å². The summed E-state index contributed by atoms with van der Waals surface area (Å²) < 4.78 is 53.6. The Bertz CT molecular complexity index is 1380. The number of amides is 1. The first kappa shape index (κ1) is 26.5. The molecule has 1 heterocycles. The molecule has 1 aliphatic heterocycles. The molecule has 0 radical (unpaired) electrons.